The number of nitrogens with zero attached hydrogens (tertiary/aromatic N) is 1. The molecule has 3 heteroatoms. The normalized spacial score (nSPS) is 24.2. The van der Waals surface area contributed by atoms with Gasteiger partial charge in [0.25, 0.3) is 0 Å². The highest BCUT2D eigenvalue weighted by Gasteiger charge is 2.24. The largest absolute Gasteiger partial charge is 0.299 e. The number of rotatable bonds is 3. The fourth-order valence-electron chi connectivity index (χ4n) is 2.19. The molecule has 1 heterocycles. The third kappa shape index (κ3) is 3.93. The first kappa shape index (κ1) is 14.3. The smallest absolute Gasteiger partial charge is 0.143 e. The van der Waals surface area contributed by atoms with Crippen molar-refractivity contribution in [1.82, 2.24) is 0 Å². The third-order valence-corrected chi connectivity index (χ3v) is 4.68. The maximum atomic E-state index is 11.7. The van der Waals surface area contributed by atoms with Crippen molar-refractivity contribution in [3.8, 4) is 0 Å². The summed E-state index contributed by atoms with van der Waals surface area (Å²) in [6.45, 7) is 4.29. The fourth-order valence-corrected chi connectivity index (χ4v) is 3.35. The van der Waals surface area contributed by atoms with Crippen molar-refractivity contribution in [3.05, 3.63) is 35.9 Å². The zero-order valence-electron chi connectivity index (χ0n) is 11.6. The van der Waals surface area contributed by atoms with Crippen LogP contribution in [0.25, 0.3) is 0 Å². The van der Waals surface area contributed by atoms with Crippen molar-refractivity contribution in [3.63, 3.8) is 0 Å². The van der Waals surface area contributed by atoms with Gasteiger partial charge in [-0.2, -0.15) is 0 Å². The minimum Gasteiger partial charge on any atom is -0.299 e. The van der Waals surface area contributed by atoms with Gasteiger partial charge in [-0.3, -0.25) is 9.79 Å². The van der Waals surface area contributed by atoms with E-state index in [9.17, 15) is 4.79 Å². The van der Waals surface area contributed by atoms with Gasteiger partial charge in [-0.05, 0) is 25.3 Å². The number of hydrogen-bond acceptors (Lipinski definition) is 3. The van der Waals surface area contributed by atoms with Crippen LogP contribution in [0, 0.1) is 0 Å². The standard InChI is InChI=1S/C16H21NOS/c1-3-12(2)17-16-15(10-9-14(18)11-19-16)13-7-5-4-6-8-13/h4-8,12,15H,3,9-11H2,1-2H3. The van der Waals surface area contributed by atoms with E-state index < -0.39 is 0 Å². The second kappa shape index (κ2) is 6.90. The van der Waals surface area contributed by atoms with Gasteiger partial charge in [0.15, 0.2) is 0 Å². The molecule has 2 nitrogen and oxygen atoms in total. The number of benzene rings is 1. The van der Waals surface area contributed by atoms with E-state index in [4.69, 9.17) is 4.99 Å². The SMILES string of the molecule is CCC(C)N=C1SCC(=O)CCC1c1ccccc1. The maximum Gasteiger partial charge on any atom is 0.143 e. The Hall–Kier alpha value is -1.09. The van der Waals surface area contributed by atoms with Crippen LogP contribution in [0.5, 0.6) is 0 Å². The third-order valence-electron chi connectivity index (χ3n) is 3.53. The van der Waals surface area contributed by atoms with E-state index in [0.717, 1.165) is 17.9 Å². The van der Waals surface area contributed by atoms with Gasteiger partial charge in [-0.25, -0.2) is 0 Å². The molecule has 0 aliphatic carbocycles. The second-order valence-corrected chi connectivity index (χ2v) is 6.05. The predicted octanol–water partition coefficient (Wildman–Crippen LogP) is 4.06. The van der Waals surface area contributed by atoms with Crippen LogP contribution in [0.3, 0.4) is 0 Å². The van der Waals surface area contributed by atoms with Crippen molar-refractivity contribution >= 4 is 22.6 Å². The lowest BCUT2D eigenvalue weighted by Gasteiger charge is -2.18. The summed E-state index contributed by atoms with van der Waals surface area (Å²) in [6.07, 6.45) is 2.61. The number of ketones is 1. The average Bonchev–Trinajstić information content (AvgIpc) is 2.62. The number of Topliss-reactive ketones (excluding diaryl/α,β-unsaturated/α-hetero) is 1. The van der Waals surface area contributed by atoms with Crippen molar-refractivity contribution in [1.29, 1.82) is 0 Å². The summed E-state index contributed by atoms with van der Waals surface area (Å²) >= 11 is 1.64. The molecule has 1 saturated heterocycles. The predicted molar refractivity (Wildman–Crippen MR) is 83.1 cm³/mol. The second-order valence-electron chi connectivity index (χ2n) is 5.05. The van der Waals surface area contributed by atoms with Gasteiger partial charge in [0, 0.05) is 18.4 Å². The minimum absolute atomic E-state index is 0.298. The summed E-state index contributed by atoms with van der Waals surface area (Å²) in [5.41, 5.74) is 1.28. The Morgan fingerprint density at radius 1 is 1.37 bits per heavy atom. The highest BCUT2D eigenvalue weighted by Crippen LogP contribution is 2.32. The summed E-state index contributed by atoms with van der Waals surface area (Å²) in [6, 6.07) is 10.8. The number of hydrogen-bond donors (Lipinski definition) is 0. The summed E-state index contributed by atoms with van der Waals surface area (Å²) in [5, 5.41) is 1.14. The number of carbonyl (C=O) groups is 1. The molecule has 1 aliphatic rings. The van der Waals surface area contributed by atoms with E-state index in [1.165, 1.54) is 5.56 Å². The quantitative estimate of drug-likeness (QED) is 0.832. The minimum atomic E-state index is 0.298. The Morgan fingerprint density at radius 3 is 2.79 bits per heavy atom. The van der Waals surface area contributed by atoms with E-state index in [1.807, 2.05) is 6.07 Å². The van der Waals surface area contributed by atoms with Crippen molar-refractivity contribution in [2.45, 2.75) is 45.1 Å². The molecule has 19 heavy (non-hydrogen) atoms. The van der Waals surface area contributed by atoms with E-state index in [1.54, 1.807) is 11.8 Å². The van der Waals surface area contributed by atoms with Gasteiger partial charge >= 0.3 is 0 Å². The van der Waals surface area contributed by atoms with Crippen LogP contribution in [0.4, 0.5) is 0 Å². The zero-order chi connectivity index (χ0) is 13.7. The van der Waals surface area contributed by atoms with Crippen LogP contribution in [0.2, 0.25) is 0 Å². The lowest BCUT2D eigenvalue weighted by molar-refractivity contribution is -0.116. The fraction of sp³-hybridized carbons (Fsp3) is 0.500. The molecule has 2 rings (SSSR count). The molecule has 2 atom stereocenters. The summed E-state index contributed by atoms with van der Waals surface area (Å²) in [5.74, 6) is 1.23. The highest BCUT2D eigenvalue weighted by atomic mass is 32.2. The molecule has 1 aromatic rings. The van der Waals surface area contributed by atoms with Gasteiger partial charge < -0.3 is 0 Å². The summed E-state index contributed by atoms with van der Waals surface area (Å²) in [7, 11) is 0. The van der Waals surface area contributed by atoms with Gasteiger partial charge in [-0.1, -0.05) is 37.3 Å². The van der Waals surface area contributed by atoms with Crippen molar-refractivity contribution in [2.75, 3.05) is 5.75 Å². The molecular formula is C16H21NOS. The van der Waals surface area contributed by atoms with Crippen LogP contribution in [-0.2, 0) is 4.79 Å². The first-order valence-electron chi connectivity index (χ1n) is 6.97. The lowest BCUT2D eigenvalue weighted by atomic mass is 9.94. The lowest BCUT2D eigenvalue weighted by Crippen LogP contribution is -2.11. The molecule has 0 amide bonds. The van der Waals surface area contributed by atoms with Crippen LogP contribution in [0.15, 0.2) is 35.3 Å². The Labute approximate surface area is 119 Å². The van der Waals surface area contributed by atoms with E-state index >= 15 is 0 Å². The maximum absolute atomic E-state index is 11.7. The molecule has 1 aromatic carbocycles. The van der Waals surface area contributed by atoms with Gasteiger partial charge in [-0.15, -0.1) is 11.8 Å². The molecule has 0 saturated carbocycles. The zero-order valence-corrected chi connectivity index (χ0v) is 12.5. The number of thioether (sulfide) groups is 1. The summed E-state index contributed by atoms with van der Waals surface area (Å²) in [4.78, 5) is 16.5. The Balaban J connectivity index is 2.29. The molecule has 1 aliphatic heterocycles. The number of carbonyl (C=O) groups excluding carboxylic acids is 1. The first-order chi connectivity index (χ1) is 9.20. The van der Waals surface area contributed by atoms with Crippen LogP contribution >= 0.6 is 11.8 Å². The van der Waals surface area contributed by atoms with Crippen molar-refractivity contribution < 1.29 is 4.79 Å². The molecule has 2 unspecified atom stereocenters. The molecule has 0 spiro atoms. The Morgan fingerprint density at radius 2 is 2.11 bits per heavy atom. The molecular weight excluding hydrogens is 254 g/mol. The van der Waals surface area contributed by atoms with Crippen LogP contribution < -0.4 is 0 Å². The van der Waals surface area contributed by atoms with Gasteiger partial charge in [0.2, 0.25) is 0 Å². The number of aliphatic imine (C=N–C) groups is 1. The summed E-state index contributed by atoms with van der Waals surface area (Å²) < 4.78 is 0. The van der Waals surface area contributed by atoms with E-state index in [-0.39, 0.29) is 0 Å². The Kier molecular flexibility index (Phi) is 5.20. The molecule has 1 fully saturated rings. The first-order valence-corrected chi connectivity index (χ1v) is 7.96. The molecule has 0 bridgehead atoms. The van der Waals surface area contributed by atoms with Gasteiger partial charge in [0.1, 0.15) is 5.78 Å². The highest BCUT2D eigenvalue weighted by molar-refractivity contribution is 8.14. The molecule has 0 N–H and O–H groups in total. The molecule has 0 aromatic heterocycles. The topological polar surface area (TPSA) is 29.4 Å². The van der Waals surface area contributed by atoms with Crippen LogP contribution in [0.1, 0.15) is 44.6 Å². The van der Waals surface area contributed by atoms with E-state index in [0.29, 0.717) is 29.9 Å². The van der Waals surface area contributed by atoms with Gasteiger partial charge in [0.05, 0.1) is 10.8 Å². The monoisotopic (exact) mass is 275 g/mol. The van der Waals surface area contributed by atoms with Crippen molar-refractivity contribution in [2.24, 2.45) is 4.99 Å². The average molecular weight is 275 g/mol. The molecule has 0 radical (unpaired) electrons. The Bertz CT molecular complexity index is 455. The van der Waals surface area contributed by atoms with E-state index in [2.05, 4.69) is 38.1 Å². The molecule has 102 valence electrons. The van der Waals surface area contributed by atoms with Crippen LogP contribution in [-0.4, -0.2) is 22.6 Å².